The van der Waals surface area contributed by atoms with Gasteiger partial charge in [0.1, 0.15) is 0 Å². The highest BCUT2D eigenvalue weighted by Gasteiger charge is 2.18. The number of hydrogen-bond donors (Lipinski definition) is 1. The summed E-state index contributed by atoms with van der Waals surface area (Å²) in [5.41, 5.74) is 2.09. The molecular formula is C26H33N5O2. The van der Waals surface area contributed by atoms with E-state index in [0.717, 1.165) is 45.0 Å². The van der Waals surface area contributed by atoms with Crippen molar-refractivity contribution in [2.75, 3.05) is 50.7 Å². The summed E-state index contributed by atoms with van der Waals surface area (Å²) in [6, 6.07) is 21.9. The van der Waals surface area contributed by atoms with Gasteiger partial charge in [-0.05, 0) is 17.7 Å². The van der Waals surface area contributed by atoms with Crippen LogP contribution in [0.3, 0.4) is 0 Å². The molecule has 7 heteroatoms. The van der Waals surface area contributed by atoms with Crippen LogP contribution in [-0.4, -0.2) is 67.4 Å². The van der Waals surface area contributed by atoms with Crippen LogP contribution in [0.25, 0.3) is 0 Å². The quantitative estimate of drug-likeness (QED) is 0.573. The summed E-state index contributed by atoms with van der Waals surface area (Å²) in [6.07, 6.45) is 0.537. The molecule has 0 unspecified atom stereocenters. The molecule has 0 spiro atoms. The first-order valence-corrected chi connectivity index (χ1v) is 11.6. The second-order valence-electron chi connectivity index (χ2n) is 8.24. The molecule has 174 valence electrons. The van der Waals surface area contributed by atoms with Gasteiger partial charge in [-0.25, -0.2) is 0 Å². The number of nitrogens with zero attached hydrogens (tertiary/aromatic N) is 4. The van der Waals surface area contributed by atoms with Gasteiger partial charge in [0.15, 0.2) is 0 Å². The van der Waals surface area contributed by atoms with Crippen molar-refractivity contribution < 1.29 is 9.59 Å². The van der Waals surface area contributed by atoms with Gasteiger partial charge < -0.3 is 10.2 Å². The molecule has 7 nitrogen and oxygen atoms in total. The molecule has 0 saturated carbocycles. The number of nitriles is 1. The Labute approximate surface area is 196 Å². The lowest BCUT2D eigenvalue weighted by atomic mass is 10.2. The Morgan fingerprint density at radius 2 is 1.55 bits per heavy atom. The lowest BCUT2D eigenvalue weighted by molar-refractivity contribution is -0.125. The minimum absolute atomic E-state index is 0.112. The number of benzene rings is 2. The fraction of sp³-hybridized carbons (Fsp3) is 0.423. The number of amides is 2. The van der Waals surface area contributed by atoms with Gasteiger partial charge in [-0.3, -0.25) is 19.4 Å². The molecule has 0 radical (unpaired) electrons. The molecule has 2 amide bonds. The van der Waals surface area contributed by atoms with E-state index < -0.39 is 0 Å². The standard InChI is InChI=1S/C26H33N5O2/c27-14-7-16-31(24-10-5-2-6-11-24)26(33)13-12-25(32)28-15-17-29-18-20-30(21-19-29)22-23-8-3-1-4-9-23/h1-6,8-11H,7,12-13,15-22H2,(H,28,32). The first-order valence-electron chi connectivity index (χ1n) is 11.6. The summed E-state index contributed by atoms with van der Waals surface area (Å²) in [4.78, 5) is 31.3. The smallest absolute Gasteiger partial charge is 0.227 e. The molecule has 2 aromatic carbocycles. The van der Waals surface area contributed by atoms with E-state index in [1.807, 2.05) is 36.4 Å². The Morgan fingerprint density at radius 3 is 2.21 bits per heavy atom. The number of rotatable bonds is 11. The van der Waals surface area contributed by atoms with Crippen LogP contribution in [0.15, 0.2) is 60.7 Å². The van der Waals surface area contributed by atoms with Crippen LogP contribution in [0.4, 0.5) is 5.69 Å². The van der Waals surface area contributed by atoms with Gasteiger partial charge in [0, 0.05) is 70.9 Å². The highest BCUT2D eigenvalue weighted by Crippen LogP contribution is 2.15. The second-order valence-corrected chi connectivity index (χ2v) is 8.24. The third kappa shape index (κ3) is 8.33. The summed E-state index contributed by atoms with van der Waals surface area (Å²) in [7, 11) is 0. The molecule has 1 aliphatic heterocycles. The van der Waals surface area contributed by atoms with Gasteiger partial charge in [-0.2, -0.15) is 5.26 Å². The van der Waals surface area contributed by atoms with Crippen molar-refractivity contribution in [3.63, 3.8) is 0 Å². The molecule has 0 bridgehead atoms. The van der Waals surface area contributed by atoms with Crippen molar-refractivity contribution in [2.24, 2.45) is 0 Å². The molecule has 33 heavy (non-hydrogen) atoms. The van der Waals surface area contributed by atoms with Crippen molar-refractivity contribution in [3.8, 4) is 6.07 Å². The summed E-state index contributed by atoms with van der Waals surface area (Å²) in [5.74, 6) is -0.250. The van der Waals surface area contributed by atoms with E-state index >= 15 is 0 Å². The van der Waals surface area contributed by atoms with Crippen LogP contribution in [0.1, 0.15) is 24.8 Å². The minimum atomic E-state index is -0.138. The first-order chi connectivity index (χ1) is 16.2. The van der Waals surface area contributed by atoms with E-state index in [1.54, 1.807) is 4.90 Å². The van der Waals surface area contributed by atoms with E-state index in [0.29, 0.717) is 13.1 Å². The molecular weight excluding hydrogens is 414 g/mol. The topological polar surface area (TPSA) is 79.7 Å². The lowest BCUT2D eigenvalue weighted by Gasteiger charge is -2.34. The number of para-hydroxylation sites is 1. The number of hydrogen-bond acceptors (Lipinski definition) is 5. The first kappa shape index (κ1) is 24.4. The molecule has 1 heterocycles. The summed E-state index contributed by atoms with van der Waals surface area (Å²) < 4.78 is 0. The largest absolute Gasteiger partial charge is 0.355 e. The van der Waals surface area contributed by atoms with Crippen LogP contribution >= 0.6 is 0 Å². The van der Waals surface area contributed by atoms with Gasteiger partial charge in [0.2, 0.25) is 11.8 Å². The van der Waals surface area contributed by atoms with Gasteiger partial charge >= 0.3 is 0 Å². The normalized spacial score (nSPS) is 14.4. The van der Waals surface area contributed by atoms with Crippen molar-refractivity contribution in [1.29, 1.82) is 5.26 Å². The Kier molecular flexibility index (Phi) is 9.89. The minimum Gasteiger partial charge on any atom is -0.355 e. The number of piperazine rings is 1. The van der Waals surface area contributed by atoms with Crippen LogP contribution in [-0.2, 0) is 16.1 Å². The van der Waals surface area contributed by atoms with E-state index in [1.165, 1.54) is 5.56 Å². The molecule has 0 aromatic heterocycles. The van der Waals surface area contributed by atoms with Crippen molar-refractivity contribution >= 4 is 17.5 Å². The van der Waals surface area contributed by atoms with Crippen LogP contribution < -0.4 is 10.2 Å². The predicted molar refractivity (Wildman–Crippen MR) is 129 cm³/mol. The predicted octanol–water partition coefficient (Wildman–Crippen LogP) is 2.65. The second kappa shape index (κ2) is 13.4. The van der Waals surface area contributed by atoms with Crippen molar-refractivity contribution in [2.45, 2.75) is 25.8 Å². The van der Waals surface area contributed by atoms with E-state index in [9.17, 15) is 9.59 Å². The number of nitrogens with one attached hydrogen (secondary N) is 1. The molecule has 0 atom stereocenters. The van der Waals surface area contributed by atoms with Gasteiger partial charge in [-0.15, -0.1) is 0 Å². The Balaban J connectivity index is 1.32. The number of carbonyl (C=O) groups is 2. The Bertz CT molecular complexity index is 905. The Morgan fingerprint density at radius 1 is 0.909 bits per heavy atom. The van der Waals surface area contributed by atoms with Gasteiger partial charge in [0.05, 0.1) is 12.5 Å². The zero-order valence-electron chi connectivity index (χ0n) is 19.2. The number of carbonyl (C=O) groups excluding carboxylic acids is 2. The van der Waals surface area contributed by atoms with Crippen LogP contribution in [0, 0.1) is 11.3 Å². The summed E-state index contributed by atoms with van der Waals surface area (Å²) in [5, 5.41) is 11.8. The maximum atomic E-state index is 12.7. The highest BCUT2D eigenvalue weighted by molar-refractivity contribution is 5.95. The zero-order chi connectivity index (χ0) is 23.3. The van der Waals surface area contributed by atoms with Crippen molar-refractivity contribution in [1.82, 2.24) is 15.1 Å². The molecule has 0 aliphatic carbocycles. The fourth-order valence-corrected chi connectivity index (χ4v) is 3.98. The van der Waals surface area contributed by atoms with Crippen molar-refractivity contribution in [3.05, 3.63) is 66.2 Å². The monoisotopic (exact) mass is 447 g/mol. The molecule has 1 fully saturated rings. The average Bonchev–Trinajstić information content (AvgIpc) is 2.85. The lowest BCUT2D eigenvalue weighted by Crippen LogP contribution is -2.48. The SMILES string of the molecule is N#CCCN(C(=O)CCC(=O)NCCN1CCN(Cc2ccccc2)CC1)c1ccccc1. The number of anilines is 1. The van der Waals surface area contributed by atoms with Crippen LogP contribution in [0.2, 0.25) is 0 Å². The molecule has 2 aromatic rings. The fourth-order valence-electron chi connectivity index (χ4n) is 3.98. The molecule has 1 N–H and O–H groups in total. The molecule has 1 saturated heterocycles. The summed E-state index contributed by atoms with van der Waals surface area (Å²) in [6.45, 7) is 6.74. The highest BCUT2D eigenvalue weighted by atomic mass is 16.2. The average molecular weight is 448 g/mol. The maximum absolute atomic E-state index is 12.7. The third-order valence-electron chi connectivity index (χ3n) is 5.85. The Hall–Kier alpha value is -3.21. The van der Waals surface area contributed by atoms with E-state index in [4.69, 9.17) is 5.26 Å². The third-order valence-corrected chi connectivity index (χ3v) is 5.85. The maximum Gasteiger partial charge on any atom is 0.227 e. The molecule has 3 rings (SSSR count). The van der Waals surface area contributed by atoms with E-state index in [-0.39, 0.29) is 31.1 Å². The zero-order valence-corrected chi connectivity index (χ0v) is 19.2. The van der Waals surface area contributed by atoms with Gasteiger partial charge in [0.25, 0.3) is 0 Å². The molecule has 1 aliphatic rings. The van der Waals surface area contributed by atoms with Crippen LogP contribution in [0.5, 0.6) is 0 Å². The summed E-state index contributed by atoms with van der Waals surface area (Å²) >= 11 is 0. The van der Waals surface area contributed by atoms with E-state index in [2.05, 4.69) is 45.5 Å². The van der Waals surface area contributed by atoms with Gasteiger partial charge in [-0.1, -0.05) is 48.5 Å².